The fourth-order valence-corrected chi connectivity index (χ4v) is 1.39. The van der Waals surface area contributed by atoms with Crippen molar-refractivity contribution in [3.63, 3.8) is 0 Å². The molecular weight excluding hydrogens is 180 g/mol. The molecule has 70 valence electrons. The van der Waals surface area contributed by atoms with Crippen LogP contribution < -0.4 is 5.32 Å². The minimum atomic E-state index is -0.642. The molecule has 6 heteroatoms. The number of allylic oxidation sites excluding steroid dienone is 2. The van der Waals surface area contributed by atoms with Crippen LogP contribution >= 0.6 is 0 Å². The van der Waals surface area contributed by atoms with Crippen molar-refractivity contribution in [2.75, 3.05) is 0 Å². The van der Waals surface area contributed by atoms with Crippen molar-refractivity contribution in [1.29, 1.82) is 5.26 Å². The number of tetrazole rings is 1. The van der Waals surface area contributed by atoms with E-state index in [1.165, 1.54) is 0 Å². The van der Waals surface area contributed by atoms with Crippen LogP contribution in [0.2, 0.25) is 0 Å². The van der Waals surface area contributed by atoms with Gasteiger partial charge in [-0.25, -0.2) is 0 Å². The van der Waals surface area contributed by atoms with Crippen LogP contribution in [-0.4, -0.2) is 20.6 Å². The van der Waals surface area contributed by atoms with Gasteiger partial charge in [-0.2, -0.15) is 10.5 Å². The highest BCUT2D eigenvalue weighted by atomic mass is 15.5. The molecule has 1 unspecified atom stereocenters. The summed E-state index contributed by atoms with van der Waals surface area (Å²) in [5.41, 5.74) is -0.642. The summed E-state index contributed by atoms with van der Waals surface area (Å²) in [7, 11) is 0. The van der Waals surface area contributed by atoms with E-state index >= 15 is 0 Å². The number of H-pyrrole nitrogens is 1. The lowest BCUT2D eigenvalue weighted by Crippen LogP contribution is -2.39. The van der Waals surface area contributed by atoms with E-state index in [2.05, 4.69) is 25.9 Å². The average Bonchev–Trinajstić information content (AvgIpc) is 2.73. The summed E-state index contributed by atoms with van der Waals surface area (Å²) in [4.78, 5) is 0. The Bertz CT molecular complexity index is 398. The number of nitriles is 1. The first-order valence-electron chi connectivity index (χ1n) is 4.12. The van der Waals surface area contributed by atoms with Gasteiger partial charge in [0.2, 0.25) is 5.82 Å². The van der Waals surface area contributed by atoms with Crippen molar-refractivity contribution in [3.8, 4) is 6.19 Å². The van der Waals surface area contributed by atoms with Crippen molar-refractivity contribution in [1.82, 2.24) is 25.9 Å². The molecule has 0 amide bonds. The predicted molar refractivity (Wildman–Crippen MR) is 47.5 cm³/mol. The van der Waals surface area contributed by atoms with Crippen molar-refractivity contribution >= 4 is 0 Å². The Morgan fingerprint density at radius 1 is 1.57 bits per heavy atom. The van der Waals surface area contributed by atoms with E-state index in [-0.39, 0.29) is 0 Å². The van der Waals surface area contributed by atoms with Crippen LogP contribution in [0.25, 0.3) is 0 Å². The second-order valence-corrected chi connectivity index (χ2v) is 2.93. The Morgan fingerprint density at radius 3 is 3.07 bits per heavy atom. The average molecular weight is 188 g/mol. The number of rotatable bonds is 2. The van der Waals surface area contributed by atoms with Crippen LogP contribution in [0.15, 0.2) is 24.3 Å². The molecular formula is C8H8N6. The maximum absolute atomic E-state index is 8.68. The summed E-state index contributed by atoms with van der Waals surface area (Å²) in [5, 5.41) is 25.0. The van der Waals surface area contributed by atoms with Gasteiger partial charge >= 0.3 is 0 Å². The van der Waals surface area contributed by atoms with Crippen molar-refractivity contribution in [2.24, 2.45) is 0 Å². The van der Waals surface area contributed by atoms with Crippen LogP contribution in [-0.2, 0) is 5.54 Å². The number of nitrogens with one attached hydrogen (secondary N) is 2. The molecule has 0 radical (unpaired) electrons. The first-order chi connectivity index (χ1) is 6.87. The van der Waals surface area contributed by atoms with Gasteiger partial charge in [0.25, 0.3) is 0 Å². The summed E-state index contributed by atoms with van der Waals surface area (Å²) < 4.78 is 0. The molecule has 6 nitrogen and oxygen atoms in total. The lowest BCUT2D eigenvalue weighted by atomic mass is 9.91. The normalized spacial score (nSPS) is 24.5. The molecule has 0 aromatic carbocycles. The minimum absolute atomic E-state index is 0.472. The van der Waals surface area contributed by atoms with E-state index in [4.69, 9.17) is 5.26 Å². The topological polar surface area (TPSA) is 90.3 Å². The molecule has 0 spiro atoms. The van der Waals surface area contributed by atoms with Crippen molar-refractivity contribution in [2.45, 2.75) is 12.0 Å². The summed E-state index contributed by atoms with van der Waals surface area (Å²) in [5.74, 6) is 0.472. The van der Waals surface area contributed by atoms with Gasteiger partial charge in [0.15, 0.2) is 6.19 Å². The van der Waals surface area contributed by atoms with Gasteiger partial charge < -0.3 is 5.32 Å². The molecule has 0 bridgehead atoms. The van der Waals surface area contributed by atoms with Gasteiger partial charge in [0, 0.05) is 6.42 Å². The third-order valence-electron chi connectivity index (χ3n) is 2.09. The Kier molecular flexibility index (Phi) is 1.99. The molecule has 2 rings (SSSR count). The lowest BCUT2D eigenvalue weighted by Gasteiger charge is -2.25. The Morgan fingerprint density at radius 2 is 2.50 bits per heavy atom. The number of nitrogens with zero attached hydrogens (tertiary/aromatic N) is 4. The highest BCUT2D eigenvalue weighted by Crippen LogP contribution is 2.25. The van der Waals surface area contributed by atoms with Crippen molar-refractivity contribution < 1.29 is 0 Å². The van der Waals surface area contributed by atoms with Crippen LogP contribution in [0.1, 0.15) is 12.2 Å². The Hall–Kier alpha value is -2.16. The highest BCUT2D eigenvalue weighted by molar-refractivity contribution is 5.26. The third-order valence-corrected chi connectivity index (χ3v) is 2.09. The molecule has 1 atom stereocenters. The van der Waals surface area contributed by atoms with Gasteiger partial charge in [-0.3, -0.25) is 0 Å². The Balaban J connectivity index is 2.37. The monoisotopic (exact) mass is 188 g/mol. The molecule has 14 heavy (non-hydrogen) atoms. The van der Waals surface area contributed by atoms with Crippen molar-refractivity contribution in [3.05, 3.63) is 30.1 Å². The van der Waals surface area contributed by atoms with Crippen LogP contribution in [0, 0.1) is 11.5 Å². The highest BCUT2D eigenvalue weighted by Gasteiger charge is 2.33. The maximum atomic E-state index is 8.68. The van der Waals surface area contributed by atoms with Crippen LogP contribution in [0.3, 0.4) is 0 Å². The zero-order chi connectivity index (χ0) is 9.86. The standard InChI is InChI=1S/C8H8N6/c9-6-10-8(4-2-1-3-5-8)7-11-13-14-12-7/h1-4,10H,5H2,(H,11,12,13,14). The van der Waals surface area contributed by atoms with Gasteiger partial charge in [-0.05, 0) is 0 Å². The summed E-state index contributed by atoms with van der Waals surface area (Å²) in [6.07, 6.45) is 10.1. The van der Waals surface area contributed by atoms with Gasteiger partial charge in [0.05, 0.1) is 0 Å². The predicted octanol–water partition coefficient (Wildman–Crippen LogP) is -0.0182. The fourth-order valence-electron chi connectivity index (χ4n) is 1.39. The van der Waals surface area contributed by atoms with E-state index in [9.17, 15) is 0 Å². The first-order valence-corrected chi connectivity index (χ1v) is 4.12. The fraction of sp³-hybridized carbons (Fsp3) is 0.250. The van der Waals surface area contributed by atoms with E-state index in [1.54, 1.807) is 0 Å². The zero-order valence-electron chi connectivity index (χ0n) is 7.31. The van der Waals surface area contributed by atoms with Crippen LogP contribution in [0.5, 0.6) is 0 Å². The van der Waals surface area contributed by atoms with Gasteiger partial charge in [-0.15, -0.1) is 10.2 Å². The number of hydrogen-bond acceptors (Lipinski definition) is 5. The quantitative estimate of drug-likeness (QED) is 0.503. The van der Waals surface area contributed by atoms with Crippen LogP contribution in [0.4, 0.5) is 0 Å². The van der Waals surface area contributed by atoms with E-state index in [1.807, 2.05) is 30.5 Å². The molecule has 0 saturated heterocycles. The van der Waals surface area contributed by atoms with E-state index in [0.717, 1.165) is 0 Å². The summed E-state index contributed by atoms with van der Waals surface area (Å²) in [6.45, 7) is 0. The number of aromatic amines is 1. The Labute approximate surface area is 80.3 Å². The zero-order valence-corrected chi connectivity index (χ0v) is 7.31. The summed E-state index contributed by atoms with van der Waals surface area (Å²) in [6, 6.07) is 0. The molecule has 0 aliphatic heterocycles. The van der Waals surface area contributed by atoms with Gasteiger partial charge in [-0.1, -0.05) is 29.5 Å². The first kappa shape index (κ1) is 8.44. The number of hydrogen-bond donors (Lipinski definition) is 2. The van der Waals surface area contributed by atoms with E-state index in [0.29, 0.717) is 12.2 Å². The minimum Gasteiger partial charge on any atom is -0.306 e. The van der Waals surface area contributed by atoms with E-state index < -0.39 is 5.54 Å². The molecule has 2 N–H and O–H groups in total. The summed E-state index contributed by atoms with van der Waals surface area (Å²) >= 11 is 0. The molecule has 1 aromatic rings. The molecule has 0 saturated carbocycles. The molecule has 0 fully saturated rings. The maximum Gasteiger partial charge on any atom is 0.204 e. The number of aromatic nitrogens is 4. The SMILES string of the molecule is N#CNC1(c2nn[nH]n2)C=CC=CC1. The van der Waals surface area contributed by atoms with Gasteiger partial charge in [0.1, 0.15) is 5.54 Å². The third kappa shape index (κ3) is 1.25. The molecule has 1 aliphatic rings. The second-order valence-electron chi connectivity index (χ2n) is 2.93. The smallest absolute Gasteiger partial charge is 0.204 e. The molecule has 1 aliphatic carbocycles. The molecule has 1 heterocycles. The molecule has 1 aromatic heterocycles. The second kappa shape index (κ2) is 3.30. The lowest BCUT2D eigenvalue weighted by molar-refractivity contribution is 0.456. The largest absolute Gasteiger partial charge is 0.306 e.